The standard InChI is InChI=1S/C14H17F2N/c1-11(14(2,15)16)12-5-7-13(8-6-12)17-9-3-4-10-17/h5-8H,1,3-4,9-10H2,2H3. The van der Waals surface area contributed by atoms with Crippen LogP contribution < -0.4 is 4.90 Å². The highest BCUT2D eigenvalue weighted by molar-refractivity contribution is 5.70. The van der Waals surface area contributed by atoms with E-state index in [2.05, 4.69) is 11.5 Å². The number of halogens is 2. The van der Waals surface area contributed by atoms with Gasteiger partial charge in [-0.3, -0.25) is 0 Å². The first-order valence-corrected chi connectivity index (χ1v) is 5.91. The third-order valence-electron chi connectivity index (χ3n) is 3.22. The van der Waals surface area contributed by atoms with Gasteiger partial charge in [0.25, 0.3) is 5.92 Å². The number of anilines is 1. The minimum absolute atomic E-state index is 0.120. The van der Waals surface area contributed by atoms with E-state index in [0.717, 1.165) is 25.7 Å². The van der Waals surface area contributed by atoms with Crippen molar-refractivity contribution in [3.63, 3.8) is 0 Å². The average molecular weight is 237 g/mol. The van der Waals surface area contributed by atoms with Gasteiger partial charge in [0.05, 0.1) is 0 Å². The second-order valence-electron chi connectivity index (χ2n) is 4.61. The molecule has 0 aliphatic carbocycles. The number of hydrogen-bond acceptors (Lipinski definition) is 1. The lowest BCUT2D eigenvalue weighted by atomic mass is 10.0. The molecule has 1 nitrogen and oxygen atoms in total. The molecule has 1 saturated heterocycles. The van der Waals surface area contributed by atoms with E-state index in [-0.39, 0.29) is 5.57 Å². The lowest BCUT2D eigenvalue weighted by Crippen LogP contribution is -2.17. The molecule has 0 spiro atoms. The number of benzene rings is 1. The maximum Gasteiger partial charge on any atom is 0.270 e. The normalized spacial score (nSPS) is 16.3. The number of rotatable bonds is 3. The van der Waals surface area contributed by atoms with Crippen molar-refractivity contribution in [1.29, 1.82) is 0 Å². The first-order valence-electron chi connectivity index (χ1n) is 5.91. The first-order chi connectivity index (χ1) is 7.98. The van der Waals surface area contributed by atoms with E-state index in [0.29, 0.717) is 5.56 Å². The number of nitrogens with zero attached hydrogens (tertiary/aromatic N) is 1. The molecule has 1 aliphatic rings. The summed E-state index contributed by atoms with van der Waals surface area (Å²) in [6, 6.07) is 7.26. The molecule has 0 atom stereocenters. The summed E-state index contributed by atoms with van der Waals surface area (Å²) >= 11 is 0. The Bertz CT molecular complexity index is 397. The summed E-state index contributed by atoms with van der Waals surface area (Å²) < 4.78 is 26.2. The van der Waals surface area contributed by atoms with Crippen LogP contribution in [0.25, 0.3) is 5.57 Å². The summed E-state index contributed by atoms with van der Waals surface area (Å²) in [5.41, 5.74) is 1.50. The van der Waals surface area contributed by atoms with Crippen LogP contribution in [0.1, 0.15) is 25.3 Å². The Balaban J connectivity index is 2.15. The maximum absolute atomic E-state index is 13.1. The fraction of sp³-hybridized carbons (Fsp3) is 0.429. The monoisotopic (exact) mass is 237 g/mol. The molecular weight excluding hydrogens is 220 g/mol. The Morgan fingerprint density at radius 1 is 1.18 bits per heavy atom. The number of alkyl halides is 2. The Labute approximate surface area is 101 Å². The zero-order chi connectivity index (χ0) is 12.5. The average Bonchev–Trinajstić information content (AvgIpc) is 2.80. The Hall–Kier alpha value is -1.38. The second kappa shape index (κ2) is 4.47. The molecule has 0 bridgehead atoms. The molecule has 0 aromatic heterocycles. The maximum atomic E-state index is 13.1. The van der Waals surface area contributed by atoms with Crippen molar-refractivity contribution in [3.05, 3.63) is 36.4 Å². The van der Waals surface area contributed by atoms with Gasteiger partial charge in [-0.25, -0.2) is 8.78 Å². The van der Waals surface area contributed by atoms with E-state index in [1.807, 2.05) is 12.1 Å². The lowest BCUT2D eigenvalue weighted by molar-refractivity contribution is 0.0896. The fourth-order valence-corrected chi connectivity index (χ4v) is 2.10. The van der Waals surface area contributed by atoms with Crippen LogP contribution in [-0.4, -0.2) is 19.0 Å². The third-order valence-corrected chi connectivity index (χ3v) is 3.22. The van der Waals surface area contributed by atoms with Crippen LogP contribution in [-0.2, 0) is 0 Å². The van der Waals surface area contributed by atoms with E-state index in [9.17, 15) is 8.78 Å². The van der Waals surface area contributed by atoms with Gasteiger partial charge in [-0.15, -0.1) is 0 Å². The van der Waals surface area contributed by atoms with Gasteiger partial charge in [-0.1, -0.05) is 18.7 Å². The number of allylic oxidation sites excluding steroid dienone is 1. The third kappa shape index (κ3) is 2.65. The molecule has 1 aliphatic heterocycles. The molecule has 0 N–H and O–H groups in total. The molecule has 0 radical (unpaired) electrons. The lowest BCUT2D eigenvalue weighted by Gasteiger charge is -2.19. The summed E-state index contributed by atoms with van der Waals surface area (Å²) in [7, 11) is 0. The van der Waals surface area contributed by atoms with Crippen LogP contribution in [0, 0.1) is 0 Å². The van der Waals surface area contributed by atoms with Gasteiger partial charge in [0.1, 0.15) is 0 Å². The Kier molecular flexibility index (Phi) is 3.18. The van der Waals surface area contributed by atoms with Crippen molar-refractivity contribution in [2.45, 2.75) is 25.7 Å². The second-order valence-corrected chi connectivity index (χ2v) is 4.61. The molecule has 1 aromatic carbocycles. The zero-order valence-corrected chi connectivity index (χ0v) is 10.0. The molecule has 1 heterocycles. The molecule has 0 unspecified atom stereocenters. The summed E-state index contributed by atoms with van der Waals surface area (Å²) in [5, 5.41) is 0. The van der Waals surface area contributed by atoms with Gasteiger partial charge in [0, 0.05) is 31.3 Å². The molecular formula is C14H17F2N. The van der Waals surface area contributed by atoms with Gasteiger partial charge < -0.3 is 4.90 Å². The van der Waals surface area contributed by atoms with Crippen molar-refractivity contribution in [1.82, 2.24) is 0 Å². The van der Waals surface area contributed by atoms with Gasteiger partial charge in [-0.05, 0) is 30.5 Å². The van der Waals surface area contributed by atoms with E-state index in [1.54, 1.807) is 12.1 Å². The van der Waals surface area contributed by atoms with E-state index >= 15 is 0 Å². The molecule has 1 fully saturated rings. The predicted molar refractivity (Wildman–Crippen MR) is 67.5 cm³/mol. The predicted octanol–water partition coefficient (Wildman–Crippen LogP) is 3.96. The van der Waals surface area contributed by atoms with Crippen LogP contribution in [0.15, 0.2) is 30.8 Å². The van der Waals surface area contributed by atoms with Crippen molar-refractivity contribution >= 4 is 11.3 Å². The molecule has 1 aromatic rings. The molecule has 3 heteroatoms. The number of hydrogen-bond donors (Lipinski definition) is 0. The molecule has 0 amide bonds. The minimum Gasteiger partial charge on any atom is -0.372 e. The summed E-state index contributed by atoms with van der Waals surface area (Å²) in [4.78, 5) is 2.27. The van der Waals surface area contributed by atoms with Crippen molar-refractivity contribution < 1.29 is 8.78 Å². The van der Waals surface area contributed by atoms with Gasteiger partial charge in [0.15, 0.2) is 0 Å². The SMILES string of the molecule is C=C(c1ccc(N2CCCC2)cc1)C(C)(F)F. The highest BCUT2D eigenvalue weighted by Crippen LogP contribution is 2.31. The van der Waals surface area contributed by atoms with Crippen LogP contribution in [0.4, 0.5) is 14.5 Å². The fourth-order valence-electron chi connectivity index (χ4n) is 2.10. The summed E-state index contributed by atoms with van der Waals surface area (Å²) in [5.74, 6) is -2.85. The van der Waals surface area contributed by atoms with Crippen LogP contribution >= 0.6 is 0 Å². The van der Waals surface area contributed by atoms with Gasteiger partial charge >= 0.3 is 0 Å². The Morgan fingerprint density at radius 2 is 1.71 bits per heavy atom. The van der Waals surface area contributed by atoms with Crippen molar-refractivity contribution in [3.8, 4) is 0 Å². The summed E-state index contributed by atoms with van der Waals surface area (Å²) in [6.45, 7) is 6.46. The summed E-state index contributed by atoms with van der Waals surface area (Å²) in [6.07, 6.45) is 2.42. The molecule has 17 heavy (non-hydrogen) atoms. The van der Waals surface area contributed by atoms with E-state index in [4.69, 9.17) is 0 Å². The van der Waals surface area contributed by atoms with Gasteiger partial charge in [0.2, 0.25) is 0 Å². The first kappa shape index (κ1) is 12.1. The van der Waals surface area contributed by atoms with Crippen molar-refractivity contribution in [2.75, 3.05) is 18.0 Å². The highest BCUT2D eigenvalue weighted by Gasteiger charge is 2.26. The quantitative estimate of drug-likeness (QED) is 0.769. The molecule has 92 valence electrons. The zero-order valence-electron chi connectivity index (χ0n) is 10.0. The molecule has 0 saturated carbocycles. The largest absolute Gasteiger partial charge is 0.372 e. The minimum atomic E-state index is -2.85. The molecule has 2 rings (SSSR count). The van der Waals surface area contributed by atoms with Crippen LogP contribution in [0.2, 0.25) is 0 Å². The highest BCUT2D eigenvalue weighted by atomic mass is 19.3. The van der Waals surface area contributed by atoms with Crippen LogP contribution in [0.3, 0.4) is 0 Å². The topological polar surface area (TPSA) is 3.24 Å². The van der Waals surface area contributed by atoms with Gasteiger partial charge in [-0.2, -0.15) is 0 Å². The van der Waals surface area contributed by atoms with Crippen molar-refractivity contribution in [2.24, 2.45) is 0 Å². The Morgan fingerprint density at radius 3 is 2.18 bits per heavy atom. The van der Waals surface area contributed by atoms with E-state index in [1.165, 1.54) is 12.8 Å². The smallest absolute Gasteiger partial charge is 0.270 e. The van der Waals surface area contributed by atoms with E-state index < -0.39 is 5.92 Å². The van der Waals surface area contributed by atoms with Crippen LogP contribution in [0.5, 0.6) is 0 Å².